The summed E-state index contributed by atoms with van der Waals surface area (Å²) in [6.45, 7) is 0.255. The number of benzene rings is 3. The SMILES string of the molecule is COc1ccc(N2C(=O)c3ccccc3N[C@H]2c2ccc(OC)c(Cn3cc([N+](=O)[O-])cn3)c2)cc1. The summed E-state index contributed by atoms with van der Waals surface area (Å²) in [6, 6.07) is 20.3. The Balaban J connectivity index is 1.57. The summed E-state index contributed by atoms with van der Waals surface area (Å²) >= 11 is 0. The quantitative estimate of drug-likeness (QED) is 0.300. The third-order valence-electron chi connectivity index (χ3n) is 6.06. The van der Waals surface area contributed by atoms with Crippen LogP contribution in [0.5, 0.6) is 11.5 Å². The average Bonchev–Trinajstić information content (AvgIpc) is 3.38. The Labute approximate surface area is 206 Å². The molecule has 0 fully saturated rings. The van der Waals surface area contributed by atoms with Crippen molar-refractivity contribution in [3.63, 3.8) is 0 Å². The first-order valence-electron chi connectivity index (χ1n) is 11.2. The molecule has 5 rings (SSSR count). The zero-order valence-electron chi connectivity index (χ0n) is 19.6. The van der Waals surface area contributed by atoms with Gasteiger partial charge in [-0.05, 0) is 54.1 Å². The molecular weight excluding hydrogens is 462 g/mol. The van der Waals surface area contributed by atoms with E-state index in [1.54, 1.807) is 25.2 Å². The van der Waals surface area contributed by atoms with Gasteiger partial charge in [0.2, 0.25) is 0 Å². The molecule has 0 aliphatic carbocycles. The van der Waals surface area contributed by atoms with Gasteiger partial charge in [-0.1, -0.05) is 18.2 Å². The van der Waals surface area contributed by atoms with E-state index in [9.17, 15) is 14.9 Å². The normalized spacial score (nSPS) is 14.7. The molecule has 0 saturated carbocycles. The van der Waals surface area contributed by atoms with Gasteiger partial charge in [0.15, 0.2) is 0 Å². The number of nitrogens with zero attached hydrogens (tertiary/aromatic N) is 4. The highest BCUT2D eigenvalue weighted by Gasteiger charge is 2.34. The molecule has 1 aliphatic heterocycles. The Hall–Kier alpha value is -4.86. The minimum absolute atomic E-state index is 0.0908. The van der Waals surface area contributed by atoms with Gasteiger partial charge in [-0.3, -0.25) is 24.5 Å². The monoisotopic (exact) mass is 485 g/mol. The summed E-state index contributed by atoms with van der Waals surface area (Å²) in [7, 11) is 3.15. The van der Waals surface area contributed by atoms with E-state index in [4.69, 9.17) is 9.47 Å². The van der Waals surface area contributed by atoms with Gasteiger partial charge >= 0.3 is 5.69 Å². The number of hydrogen-bond acceptors (Lipinski definition) is 7. The molecule has 3 aromatic carbocycles. The van der Waals surface area contributed by atoms with E-state index in [1.165, 1.54) is 17.1 Å². The number of ether oxygens (including phenoxy) is 2. The van der Waals surface area contributed by atoms with Crippen molar-refractivity contribution in [3.8, 4) is 11.5 Å². The minimum Gasteiger partial charge on any atom is -0.497 e. The lowest BCUT2D eigenvalue weighted by Gasteiger charge is -2.38. The van der Waals surface area contributed by atoms with Crippen LogP contribution in [0.15, 0.2) is 79.1 Å². The van der Waals surface area contributed by atoms with Crippen molar-refractivity contribution < 1.29 is 19.2 Å². The van der Waals surface area contributed by atoms with Crippen LogP contribution < -0.4 is 19.7 Å². The van der Waals surface area contributed by atoms with Gasteiger partial charge in [-0.15, -0.1) is 0 Å². The van der Waals surface area contributed by atoms with Crippen molar-refractivity contribution in [2.45, 2.75) is 12.7 Å². The van der Waals surface area contributed by atoms with E-state index in [2.05, 4.69) is 10.4 Å². The van der Waals surface area contributed by atoms with Crippen molar-refractivity contribution in [1.29, 1.82) is 0 Å². The Morgan fingerprint density at radius 1 is 1.06 bits per heavy atom. The summed E-state index contributed by atoms with van der Waals surface area (Å²) in [4.78, 5) is 26.0. The fraction of sp³-hybridized carbons (Fsp3) is 0.154. The first-order valence-corrected chi connectivity index (χ1v) is 11.2. The first kappa shape index (κ1) is 22.9. The maximum atomic E-state index is 13.7. The number of nitrogens with one attached hydrogen (secondary N) is 1. The van der Waals surface area contributed by atoms with Gasteiger partial charge in [-0.25, -0.2) is 0 Å². The maximum absolute atomic E-state index is 13.7. The summed E-state index contributed by atoms with van der Waals surface area (Å²) in [6.07, 6.45) is 2.06. The highest BCUT2D eigenvalue weighted by atomic mass is 16.6. The van der Waals surface area contributed by atoms with Crippen molar-refractivity contribution in [2.75, 3.05) is 24.4 Å². The fourth-order valence-electron chi connectivity index (χ4n) is 4.30. The van der Waals surface area contributed by atoms with Gasteiger partial charge in [0.25, 0.3) is 5.91 Å². The molecule has 10 nitrogen and oxygen atoms in total. The minimum atomic E-state index is -0.516. The molecule has 36 heavy (non-hydrogen) atoms. The van der Waals surface area contributed by atoms with Crippen molar-refractivity contribution in [2.24, 2.45) is 0 Å². The third kappa shape index (κ3) is 4.20. The van der Waals surface area contributed by atoms with Crippen LogP contribution in [0.2, 0.25) is 0 Å². The van der Waals surface area contributed by atoms with E-state index in [1.807, 2.05) is 60.7 Å². The zero-order valence-corrected chi connectivity index (χ0v) is 19.6. The van der Waals surface area contributed by atoms with Gasteiger partial charge < -0.3 is 14.8 Å². The number of carbonyl (C=O) groups excluding carboxylic acids is 1. The molecule has 182 valence electrons. The van der Waals surface area contributed by atoms with E-state index >= 15 is 0 Å². The topological polar surface area (TPSA) is 112 Å². The molecule has 1 aromatic heterocycles. The van der Waals surface area contributed by atoms with Crippen LogP contribution in [0.3, 0.4) is 0 Å². The predicted molar refractivity (Wildman–Crippen MR) is 134 cm³/mol. The lowest BCUT2D eigenvalue weighted by molar-refractivity contribution is -0.385. The predicted octanol–water partition coefficient (Wildman–Crippen LogP) is 4.63. The largest absolute Gasteiger partial charge is 0.497 e. The standard InChI is InChI=1S/C26H23N5O5/c1-35-21-10-8-19(9-11-21)30-25(28-23-6-4-3-5-22(23)26(30)32)17-7-12-24(36-2)18(13-17)15-29-16-20(14-27-29)31(33)34/h3-14,16,25,28H,15H2,1-2H3/t25-/m1/s1. The third-order valence-corrected chi connectivity index (χ3v) is 6.06. The number of aromatic nitrogens is 2. The zero-order chi connectivity index (χ0) is 25.2. The second-order valence-corrected chi connectivity index (χ2v) is 8.19. The van der Waals surface area contributed by atoms with Crippen molar-refractivity contribution in [3.05, 3.63) is 106 Å². The Morgan fingerprint density at radius 2 is 1.83 bits per heavy atom. The number of para-hydroxylation sites is 1. The molecule has 1 atom stereocenters. The second-order valence-electron chi connectivity index (χ2n) is 8.19. The summed E-state index contributed by atoms with van der Waals surface area (Å²) < 4.78 is 12.3. The van der Waals surface area contributed by atoms with Gasteiger partial charge in [0.1, 0.15) is 30.1 Å². The average molecular weight is 486 g/mol. The summed E-state index contributed by atoms with van der Waals surface area (Å²) in [5.41, 5.74) is 3.49. The highest BCUT2D eigenvalue weighted by Crippen LogP contribution is 2.38. The molecule has 0 unspecified atom stereocenters. The number of rotatable bonds is 7. The molecule has 1 aliphatic rings. The van der Waals surface area contributed by atoms with Gasteiger partial charge in [0.05, 0.1) is 31.3 Å². The van der Waals surface area contributed by atoms with Crippen molar-refractivity contribution in [1.82, 2.24) is 9.78 Å². The molecule has 0 saturated heterocycles. The number of anilines is 2. The summed E-state index contributed by atoms with van der Waals surface area (Å²) in [5.74, 6) is 1.16. The van der Waals surface area contributed by atoms with Gasteiger partial charge in [0, 0.05) is 16.9 Å². The molecular formula is C26H23N5O5. The van der Waals surface area contributed by atoms with Crippen LogP contribution in [-0.2, 0) is 6.54 Å². The van der Waals surface area contributed by atoms with E-state index < -0.39 is 11.1 Å². The van der Waals surface area contributed by atoms with Crippen LogP contribution >= 0.6 is 0 Å². The molecule has 0 spiro atoms. The molecule has 0 bridgehead atoms. The van der Waals surface area contributed by atoms with Crippen LogP contribution in [0.1, 0.15) is 27.7 Å². The van der Waals surface area contributed by atoms with Crippen LogP contribution in [0, 0.1) is 10.1 Å². The van der Waals surface area contributed by atoms with Gasteiger partial charge in [-0.2, -0.15) is 5.10 Å². The van der Waals surface area contributed by atoms with Crippen molar-refractivity contribution >= 4 is 23.0 Å². The lowest BCUT2D eigenvalue weighted by Crippen LogP contribution is -2.43. The van der Waals surface area contributed by atoms with E-state index in [-0.39, 0.29) is 18.1 Å². The van der Waals surface area contributed by atoms with Crippen LogP contribution in [-0.4, -0.2) is 34.8 Å². The second kappa shape index (κ2) is 9.41. The smallest absolute Gasteiger partial charge is 0.307 e. The van der Waals surface area contributed by atoms with Crippen LogP contribution in [0.25, 0.3) is 0 Å². The van der Waals surface area contributed by atoms with E-state index in [0.717, 1.165) is 16.8 Å². The fourth-order valence-corrected chi connectivity index (χ4v) is 4.30. The Kier molecular flexibility index (Phi) is 5.99. The first-order chi connectivity index (χ1) is 17.5. The lowest BCUT2D eigenvalue weighted by atomic mass is 10.0. The number of amides is 1. The Morgan fingerprint density at radius 3 is 2.53 bits per heavy atom. The number of fused-ring (bicyclic) bond motifs is 1. The number of hydrogen-bond donors (Lipinski definition) is 1. The number of carbonyl (C=O) groups is 1. The molecule has 2 heterocycles. The van der Waals surface area contributed by atoms with Crippen LogP contribution in [0.4, 0.5) is 17.1 Å². The molecule has 10 heteroatoms. The molecule has 1 N–H and O–H groups in total. The Bertz CT molecular complexity index is 1430. The van der Waals surface area contributed by atoms with E-state index in [0.29, 0.717) is 22.7 Å². The highest BCUT2D eigenvalue weighted by molar-refractivity contribution is 6.12. The summed E-state index contributed by atoms with van der Waals surface area (Å²) in [5, 5.41) is 18.7. The molecule has 1 amide bonds. The molecule has 0 radical (unpaired) electrons. The number of nitro groups is 1. The number of methoxy groups -OCH3 is 2. The molecule has 4 aromatic rings. The maximum Gasteiger partial charge on any atom is 0.307 e.